The van der Waals surface area contributed by atoms with Crippen LogP contribution < -0.4 is 5.32 Å². The normalized spacial score (nSPS) is 13.1. The molecule has 1 aromatic carbocycles. The van der Waals surface area contributed by atoms with Crippen LogP contribution in [0.4, 0.5) is 0 Å². The number of fused-ring (bicyclic) bond motifs is 1. The third-order valence-corrected chi connectivity index (χ3v) is 3.47. The van der Waals surface area contributed by atoms with E-state index in [0.29, 0.717) is 5.92 Å². The number of rotatable bonds is 6. The molecule has 1 atom stereocenters. The minimum absolute atomic E-state index is 0.666. The predicted octanol–water partition coefficient (Wildman–Crippen LogP) is 2.84. The smallest absolute Gasteiger partial charge is 0.110 e. The standard InChI is InChI=1S/C15H23N3/c1-4-18-14-8-6-5-7-13(14)17-15(18)11-12(2)9-10-16-3/h5-8,12,16H,4,9-11H2,1-3H3. The molecule has 0 spiro atoms. The summed E-state index contributed by atoms with van der Waals surface area (Å²) in [5.74, 6) is 1.89. The van der Waals surface area contributed by atoms with Crippen molar-refractivity contribution in [2.45, 2.75) is 33.2 Å². The van der Waals surface area contributed by atoms with Gasteiger partial charge in [-0.3, -0.25) is 0 Å². The van der Waals surface area contributed by atoms with Crippen LogP contribution in [-0.4, -0.2) is 23.1 Å². The molecule has 2 rings (SSSR count). The third-order valence-electron chi connectivity index (χ3n) is 3.47. The highest BCUT2D eigenvalue weighted by Crippen LogP contribution is 2.19. The van der Waals surface area contributed by atoms with Crippen LogP contribution >= 0.6 is 0 Å². The number of aryl methyl sites for hydroxylation is 1. The van der Waals surface area contributed by atoms with Crippen molar-refractivity contribution in [2.75, 3.05) is 13.6 Å². The zero-order valence-corrected chi connectivity index (χ0v) is 11.6. The maximum Gasteiger partial charge on any atom is 0.110 e. The molecule has 0 amide bonds. The number of nitrogens with zero attached hydrogens (tertiary/aromatic N) is 2. The fraction of sp³-hybridized carbons (Fsp3) is 0.533. The Morgan fingerprint density at radius 1 is 1.33 bits per heavy atom. The topological polar surface area (TPSA) is 29.9 Å². The first kappa shape index (κ1) is 13.1. The van der Waals surface area contributed by atoms with E-state index < -0.39 is 0 Å². The largest absolute Gasteiger partial charge is 0.328 e. The molecule has 2 aromatic rings. The number of nitrogens with one attached hydrogen (secondary N) is 1. The maximum absolute atomic E-state index is 4.77. The van der Waals surface area contributed by atoms with Gasteiger partial charge in [-0.2, -0.15) is 0 Å². The van der Waals surface area contributed by atoms with Gasteiger partial charge in [0.25, 0.3) is 0 Å². The number of aromatic nitrogens is 2. The fourth-order valence-electron chi connectivity index (χ4n) is 2.44. The first-order chi connectivity index (χ1) is 8.76. The van der Waals surface area contributed by atoms with Crippen molar-refractivity contribution in [3.63, 3.8) is 0 Å². The molecule has 18 heavy (non-hydrogen) atoms. The Bertz CT molecular complexity index is 501. The summed E-state index contributed by atoms with van der Waals surface area (Å²) in [6, 6.07) is 8.41. The van der Waals surface area contributed by atoms with Gasteiger partial charge in [0.2, 0.25) is 0 Å². The van der Waals surface area contributed by atoms with Crippen LogP contribution in [-0.2, 0) is 13.0 Å². The number of hydrogen-bond acceptors (Lipinski definition) is 2. The zero-order chi connectivity index (χ0) is 13.0. The Balaban J connectivity index is 2.21. The van der Waals surface area contributed by atoms with Crippen LogP contribution in [0.3, 0.4) is 0 Å². The Kier molecular flexibility index (Phi) is 4.37. The molecule has 1 unspecified atom stereocenters. The second-order valence-electron chi connectivity index (χ2n) is 4.96. The lowest BCUT2D eigenvalue weighted by Gasteiger charge is -2.12. The summed E-state index contributed by atoms with van der Waals surface area (Å²) < 4.78 is 2.34. The van der Waals surface area contributed by atoms with Gasteiger partial charge in [-0.05, 0) is 45.0 Å². The van der Waals surface area contributed by atoms with Gasteiger partial charge in [0, 0.05) is 13.0 Å². The molecule has 0 aliphatic rings. The Morgan fingerprint density at radius 2 is 2.11 bits per heavy atom. The minimum atomic E-state index is 0.666. The van der Waals surface area contributed by atoms with Crippen molar-refractivity contribution in [2.24, 2.45) is 5.92 Å². The van der Waals surface area contributed by atoms with Crippen LogP contribution in [0.15, 0.2) is 24.3 Å². The molecule has 0 saturated heterocycles. The molecule has 3 heteroatoms. The van der Waals surface area contributed by atoms with Crippen molar-refractivity contribution in [3.8, 4) is 0 Å². The molecule has 1 aromatic heterocycles. The molecule has 1 heterocycles. The fourth-order valence-corrected chi connectivity index (χ4v) is 2.44. The second-order valence-corrected chi connectivity index (χ2v) is 4.96. The molecular formula is C15H23N3. The Hall–Kier alpha value is -1.35. The van der Waals surface area contributed by atoms with E-state index >= 15 is 0 Å². The number of benzene rings is 1. The molecular weight excluding hydrogens is 222 g/mol. The van der Waals surface area contributed by atoms with Crippen LogP contribution in [0, 0.1) is 5.92 Å². The van der Waals surface area contributed by atoms with E-state index in [4.69, 9.17) is 4.98 Å². The second kappa shape index (κ2) is 6.01. The summed E-state index contributed by atoms with van der Waals surface area (Å²) in [4.78, 5) is 4.77. The van der Waals surface area contributed by atoms with E-state index in [1.807, 2.05) is 7.05 Å². The van der Waals surface area contributed by atoms with Gasteiger partial charge in [-0.15, -0.1) is 0 Å². The van der Waals surface area contributed by atoms with Gasteiger partial charge < -0.3 is 9.88 Å². The van der Waals surface area contributed by atoms with Gasteiger partial charge in [-0.25, -0.2) is 4.98 Å². The van der Waals surface area contributed by atoms with Crippen LogP contribution in [0.5, 0.6) is 0 Å². The highest BCUT2D eigenvalue weighted by atomic mass is 15.1. The summed E-state index contributed by atoms with van der Waals surface area (Å²) >= 11 is 0. The van der Waals surface area contributed by atoms with E-state index in [1.54, 1.807) is 0 Å². The molecule has 0 bridgehead atoms. The zero-order valence-electron chi connectivity index (χ0n) is 11.6. The van der Waals surface area contributed by atoms with Gasteiger partial charge in [0.1, 0.15) is 5.82 Å². The molecule has 98 valence electrons. The number of imidazole rings is 1. The number of para-hydroxylation sites is 2. The van der Waals surface area contributed by atoms with Gasteiger partial charge in [0.05, 0.1) is 11.0 Å². The lowest BCUT2D eigenvalue weighted by atomic mass is 10.0. The molecule has 0 fully saturated rings. The van der Waals surface area contributed by atoms with E-state index in [1.165, 1.54) is 17.8 Å². The summed E-state index contributed by atoms with van der Waals surface area (Å²) in [6.07, 6.45) is 2.26. The summed E-state index contributed by atoms with van der Waals surface area (Å²) in [7, 11) is 2.01. The van der Waals surface area contributed by atoms with Gasteiger partial charge in [-0.1, -0.05) is 19.1 Å². The highest BCUT2D eigenvalue weighted by molar-refractivity contribution is 5.75. The highest BCUT2D eigenvalue weighted by Gasteiger charge is 2.12. The predicted molar refractivity (Wildman–Crippen MR) is 76.8 cm³/mol. The Morgan fingerprint density at radius 3 is 2.83 bits per heavy atom. The van der Waals surface area contributed by atoms with Crippen molar-refractivity contribution in [1.82, 2.24) is 14.9 Å². The van der Waals surface area contributed by atoms with E-state index in [2.05, 4.69) is 48.0 Å². The first-order valence-corrected chi connectivity index (χ1v) is 6.85. The van der Waals surface area contributed by atoms with Gasteiger partial charge >= 0.3 is 0 Å². The minimum Gasteiger partial charge on any atom is -0.328 e. The lowest BCUT2D eigenvalue weighted by Crippen LogP contribution is -2.14. The third kappa shape index (κ3) is 2.72. The molecule has 0 saturated carbocycles. The molecule has 1 N–H and O–H groups in total. The summed E-state index contributed by atoms with van der Waals surface area (Å²) in [5.41, 5.74) is 2.38. The van der Waals surface area contributed by atoms with Crippen LogP contribution in [0.25, 0.3) is 11.0 Å². The molecule has 0 aliphatic heterocycles. The van der Waals surface area contributed by atoms with Crippen molar-refractivity contribution in [3.05, 3.63) is 30.1 Å². The Labute approximate surface area is 109 Å². The summed E-state index contributed by atoms with van der Waals surface area (Å²) in [6.45, 7) is 6.56. The van der Waals surface area contributed by atoms with Crippen molar-refractivity contribution in [1.29, 1.82) is 0 Å². The summed E-state index contributed by atoms with van der Waals surface area (Å²) in [5, 5.41) is 3.21. The molecule has 0 aliphatic carbocycles. The first-order valence-electron chi connectivity index (χ1n) is 6.85. The monoisotopic (exact) mass is 245 g/mol. The maximum atomic E-state index is 4.77. The quantitative estimate of drug-likeness (QED) is 0.848. The van der Waals surface area contributed by atoms with Crippen molar-refractivity contribution >= 4 is 11.0 Å². The average molecular weight is 245 g/mol. The van der Waals surface area contributed by atoms with Gasteiger partial charge in [0.15, 0.2) is 0 Å². The average Bonchev–Trinajstić information content (AvgIpc) is 2.73. The van der Waals surface area contributed by atoms with E-state index in [0.717, 1.165) is 25.0 Å². The van der Waals surface area contributed by atoms with Crippen LogP contribution in [0.2, 0.25) is 0 Å². The molecule has 3 nitrogen and oxygen atoms in total. The van der Waals surface area contributed by atoms with E-state index in [9.17, 15) is 0 Å². The van der Waals surface area contributed by atoms with E-state index in [-0.39, 0.29) is 0 Å². The SMILES string of the molecule is CCn1c(CC(C)CCNC)nc2ccccc21. The lowest BCUT2D eigenvalue weighted by molar-refractivity contribution is 0.493. The number of hydrogen-bond donors (Lipinski definition) is 1. The van der Waals surface area contributed by atoms with Crippen molar-refractivity contribution < 1.29 is 0 Å². The molecule has 0 radical (unpaired) electrons. The van der Waals surface area contributed by atoms with Crippen LogP contribution in [0.1, 0.15) is 26.1 Å².